The lowest BCUT2D eigenvalue weighted by Gasteiger charge is -2.25. The molecule has 0 aromatic heterocycles. The summed E-state index contributed by atoms with van der Waals surface area (Å²) >= 11 is 0. The van der Waals surface area contributed by atoms with Crippen LogP contribution < -0.4 is 21.1 Å². The zero-order valence-electron chi connectivity index (χ0n) is 19.1. The van der Waals surface area contributed by atoms with Gasteiger partial charge in [-0.15, -0.1) is 0 Å². The lowest BCUT2D eigenvalue weighted by Crippen LogP contribution is -2.53. The van der Waals surface area contributed by atoms with E-state index in [1.54, 1.807) is 63.2 Å². The maximum Gasteiger partial charge on any atom is 0.408 e. The second-order valence-corrected chi connectivity index (χ2v) is 8.81. The van der Waals surface area contributed by atoms with E-state index in [-0.39, 0.29) is 12.8 Å². The summed E-state index contributed by atoms with van der Waals surface area (Å²) in [6, 6.07) is 10.3. The van der Waals surface area contributed by atoms with Crippen LogP contribution in [0.1, 0.15) is 31.9 Å². The van der Waals surface area contributed by atoms with Crippen molar-refractivity contribution in [3.8, 4) is 11.5 Å². The van der Waals surface area contributed by atoms with Gasteiger partial charge >= 0.3 is 12.1 Å². The Morgan fingerprint density at radius 1 is 1.09 bits per heavy atom. The first-order valence-electron chi connectivity index (χ1n) is 10.6. The number of benzene rings is 2. The van der Waals surface area contributed by atoms with Gasteiger partial charge in [0.05, 0.1) is 12.8 Å². The van der Waals surface area contributed by atoms with Crippen molar-refractivity contribution in [1.29, 1.82) is 0 Å². The van der Waals surface area contributed by atoms with E-state index in [0.29, 0.717) is 22.7 Å². The average Bonchev–Trinajstić information content (AvgIpc) is 2.74. The first kappa shape index (κ1) is 23.9. The highest BCUT2D eigenvalue weighted by atomic mass is 16.6. The number of nitrogens with one attached hydrogen (secondary N) is 2. The number of hydrogen-bond donors (Lipinski definition) is 3. The second kappa shape index (κ2) is 9.81. The Hall–Kier alpha value is -3.75. The molecule has 2 aliphatic heterocycles. The molecule has 4 N–H and O–H groups in total. The van der Waals surface area contributed by atoms with Gasteiger partial charge in [-0.2, -0.15) is 0 Å². The van der Waals surface area contributed by atoms with Gasteiger partial charge in [0.15, 0.2) is 5.75 Å². The van der Waals surface area contributed by atoms with Crippen LogP contribution in [0.5, 0.6) is 11.5 Å². The van der Waals surface area contributed by atoms with E-state index in [4.69, 9.17) is 19.9 Å². The summed E-state index contributed by atoms with van der Waals surface area (Å²) in [7, 11) is 1.24. The summed E-state index contributed by atoms with van der Waals surface area (Å²) in [4.78, 5) is 38.0. The topological polar surface area (TPSA) is 129 Å². The fourth-order valence-corrected chi connectivity index (χ4v) is 3.35. The zero-order valence-corrected chi connectivity index (χ0v) is 19.1. The second-order valence-electron chi connectivity index (χ2n) is 8.81. The Balaban J connectivity index is 1.97. The summed E-state index contributed by atoms with van der Waals surface area (Å²) in [6.07, 6.45) is -0.417. The molecule has 0 saturated heterocycles. The summed E-state index contributed by atoms with van der Waals surface area (Å²) in [5, 5.41) is 5.31. The van der Waals surface area contributed by atoms with E-state index >= 15 is 0 Å². The third-order valence-corrected chi connectivity index (χ3v) is 4.92. The molecule has 2 aliphatic rings. The van der Waals surface area contributed by atoms with E-state index in [2.05, 4.69) is 10.6 Å². The van der Waals surface area contributed by atoms with Crippen LogP contribution in [0.25, 0.3) is 0 Å². The van der Waals surface area contributed by atoms with Gasteiger partial charge in [-0.3, -0.25) is 4.79 Å². The standard InChI is InChI=1S/C24H29N3O6/c1-24(2,3)33-23(30)27-18-11-14-5-8-16(9-6-14)32-20-13-15(7-10-17(20)25)12-19(22(29)31-4)26-21(18)28/h5-10,13,18-19H,11-12,25H2,1-4H3,(H,26,28)(H,27,30)/t18-,19-/m0/s1. The van der Waals surface area contributed by atoms with Crippen LogP contribution in [0.3, 0.4) is 0 Å². The molecule has 4 bridgehead atoms. The molecule has 0 spiro atoms. The largest absolute Gasteiger partial charge is 0.467 e. The minimum Gasteiger partial charge on any atom is -0.467 e. The molecule has 0 fully saturated rings. The summed E-state index contributed by atoms with van der Waals surface area (Å²) in [5.74, 6) is -0.152. The van der Waals surface area contributed by atoms with Crippen LogP contribution in [0.15, 0.2) is 42.5 Å². The van der Waals surface area contributed by atoms with Crippen molar-refractivity contribution >= 4 is 23.7 Å². The van der Waals surface area contributed by atoms with Crippen LogP contribution in [0.4, 0.5) is 10.5 Å². The quantitative estimate of drug-likeness (QED) is 0.469. The molecule has 2 atom stereocenters. The summed E-state index contributed by atoms with van der Waals surface area (Å²) in [5.41, 5.74) is 7.23. The molecule has 9 heteroatoms. The van der Waals surface area contributed by atoms with E-state index in [1.807, 2.05) is 0 Å². The lowest BCUT2D eigenvalue weighted by atomic mass is 10.0. The Labute approximate surface area is 192 Å². The monoisotopic (exact) mass is 455 g/mol. The summed E-state index contributed by atoms with van der Waals surface area (Å²) < 4.78 is 16.1. The maximum atomic E-state index is 13.2. The highest BCUT2D eigenvalue weighted by Crippen LogP contribution is 2.29. The smallest absolute Gasteiger partial charge is 0.408 e. The molecule has 9 nitrogen and oxygen atoms in total. The molecular weight excluding hydrogens is 426 g/mol. The number of alkyl carbamates (subject to hydrolysis) is 1. The SMILES string of the molecule is COC(=O)[C@@H]1Cc2ccc(N)c(c2)Oc2ccc(cc2)C[C@H](NC(=O)OC(C)(C)C)C(=O)N1. The predicted octanol–water partition coefficient (Wildman–Crippen LogP) is 2.71. The fourth-order valence-electron chi connectivity index (χ4n) is 3.35. The Morgan fingerprint density at radius 2 is 1.76 bits per heavy atom. The maximum absolute atomic E-state index is 13.2. The molecule has 33 heavy (non-hydrogen) atoms. The average molecular weight is 456 g/mol. The first-order chi connectivity index (χ1) is 15.5. The van der Waals surface area contributed by atoms with Crippen molar-refractivity contribution in [2.75, 3.05) is 12.8 Å². The van der Waals surface area contributed by atoms with Gasteiger partial charge in [0.2, 0.25) is 5.91 Å². The number of nitrogens with two attached hydrogens (primary N) is 1. The molecule has 0 radical (unpaired) electrons. The van der Waals surface area contributed by atoms with Gasteiger partial charge in [-0.25, -0.2) is 9.59 Å². The van der Waals surface area contributed by atoms with Crippen LogP contribution in [-0.2, 0) is 31.9 Å². The lowest BCUT2D eigenvalue weighted by molar-refractivity contribution is -0.145. The van der Waals surface area contributed by atoms with Gasteiger partial charge < -0.3 is 30.6 Å². The minimum absolute atomic E-state index is 0.145. The molecule has 2 heterocycles. The van der Waals surface area contributed by atoms with Crippen molar-refractivity contribution in [1.82, 2.24) is 10.6 Å². The molecule has 4 rings (SSSR count). The van der Waals surface area contributed by atoms with Gasteiger partial charge in [-0.1, -0.05) is 18.2 Å². The van der Waals surface area contributed by atoms with Crippen molar-refractivity contribution in [2.45, 2.75) is 51.3 Å². The van der Waals surface area contributed by atoms with Gasteiger partial charge in [0.1, 0.15) is 23.4 Å². The zero-order chi connectivity index (χ0) is 24.2. The van der Waals surface area contributed by atoms with Gasteiger partial charge in [0.25, 0.3) is 0 Å². The number of ether oxygens (including phenoxy) is 3. The highest BCUT2D eigenvalue weighted by molar-refractivity contribution is 5.90. The molecule has 0 aliphatic carbocycles. The van der Waals surface area contributed by atoms with Gasteiger partial charge in [0, 0.05) is 12.8 Å². The number of anilines is 1. The summed E-state index contributed by atoms with van der Waals surface area (Å²) in [6.45, 7) is 5.19. The molecular formula is C24H29N3O6. The predicted molar refractivity (Wildman–Crippen MR) is 122 cm³/mol. The molecule has 2 aromatic carbocycles. The minimum atomic E-state index is -0.983. The Morgan fingerprint density at radius 3 is 2.39 bits per heavy atom. The first-order valence-corrected chi connectivity index (χ1v) is 10.6. The van der Waals surface area contributed by atoms with Crippen molar-refractivity contribution in [2.24, 2.45) is 0 Å². The number of methoxy groups -OCH3 is 1. The number of rotatable bonds is 2. The van der Waals surface area contributed by atoms with Crippen LogP contribution >= 0.6 is 0 Å². The van der Waals surface area contributed by atoms with E-state index < -0.39 is 35.7 Å². The number of esters is 1. The van der Waals surface area contributed by atoms with Gasteiger partial charge in [-0.05, 0) is 56.2 Å². The molecule has 0 unspecified atom stereocenters. The van der Waals surface area contributed by atoms with Crippen molar-refractivity contribution in [3.63, 3.8) is 0 Å². The van der Waals surface area contributed by atoms with E-state index in [1.165, 1.54) is 7.11 Å². The number of fused-ring (bicyclic) bond motifs is 7. The van der Waals surface area contributed by atoms with Crippen molar-refractivity contribution < 1.29 is 28.6 Å². The Bertz CT molecular complexity index is 1030. The normalized spacial score (nSPS) is 18.4. The number of hydrogen-bond acceptors (Lipinski definition) is 7. The highest BCUT2D eigenvalue weighted by Gasteiger charge is 2.29. The van der Waals surface area contributed by atoms with Crippen LogP contribution in [0, 0.1) is 0 Å². The van der Waals surface area contributed by atoms with Crippen molar-refractivity contribution in [3.05, 3.63) is 53.6 Å². The molecule has 2 amide bonds. The van der Waals surface area contributed by atoms with Crippen LogP contribution in [0.2, 0.25) is 0 Å². The van der Waals surface area contributed by atoms with E-state index in [9.17, 15) is 14.4 Å². The fraction of sp³-hybridized carbons (Fsp3) is 0.375. The third-order valence-electron chi connectivity index (χ3n) is 4.92. The number of amides is 2. The third kappa shape index (κ3) is 6.61. The van der Waals surface area contributed by atoms with E-state index in [0.717, 1.165) is 5.56 Å². The molecule has 2 aromatic rings. The van der Waals surface area contributed by atoms with Crippen LogP contribution in [-0.4, -0.2) is 42.8 Å². The Kier molecular flexibility index (Phi) is 7.10. The number of carbonyl (C=O) groups is 3. The molecule has 0 saturated carbocycles. The number of carbonyl (C=O) groups excluding carboxylic acids is 3. The molecule has 176 valence electrons. The number of nitrogen functional groups attached to an aromatic ring is 1.